The van der Waals surface area contributed by atoms with E-state index in [1.54, 1.807) is 58.2 Å². The summed E-state index contributed by atoms with van der Waals surface area (Å²) in [5, 5.41) is 0. The highest BCUT2D eigenvalue weighted by Gasteiger charge is 2.37. The third-order valence-corrected chi connectivity index (χ3v) is 5.00. The number of nitrogens with zero attached hydrogens (tertiary/aromatic N) is 2. The number of methoxy groups -OCH3 is 2. The summed E-state index contributed by atoms with van der Waals surface area (Å²) in [6.07, 6.45) is -0.642. The van der Waals surface area contributed by atoms with Gasteiger partial charge in [0.2, 0.25) is 5.91 Å². The summed E-state index contributed by atoms with van der Waals surface area (Å²) in [6.45, 7) is 3.80. The molecular formula is C22H26N2O5. The van der Waals surface area contributed by atoms with Gasteiger partial charge in [0, 0.05) is 13.6 Å². The van der Waals surface area contributed by atoms with Crippen LogP contribution in [0.2, 0.25) is 0 Å². The van der Waals surface area contributed by atoms with Gasteiger partial charge in [-0.15, -0.1) is 0 Å². The first-order valence-electron chi connectivity index (χ1n) is 9.42. The lowest BCUT2D eigenvalue weighted by atomic mass is 10.1. The van der Waals surface area contributed by atoms with Gasteiger partial charge in [0.05, 0.1) is 19.9 Å². The molecule has 0 fully saturated rings. The maximum Gasteiger partial charge on any atom is 0.268 e. The molecule has 2 atom stereocenters. The van der Waals surface area contributed by atoms with Crippen molar-refractivity contribution in [2.45, 2.75) is 32.5 Å². The van der Waals surface area contributed by atoms with Crippen LogP contribution in [-0.4, -0.2) is 50.1 Å². The molecule has 7 nitrogen and oxygen atoms in total. The summed E-state index contributed by atoms with van der Waals surface area (Å²) < 4.78 is 16.3. The van der Waals surface area contributed by atoms with Gasteiger partial charge in [-0.1, -0.05) is 18.2 Å². The molecule has 0 N–H and O–H groups in total. The highest BCUT2D eigenvalue weighted by molar-refractivity contribution is 6.05. The van der Waals surface area contributed by atoms with Crippen molar-refractivity contribution in [1.29, 1.82) is 0 Å². The number of anilines is 1. The minimum atomic E-state index is -0.667. The Kier molecular flexibility index (Phi) is 5.96. The fourth-order valence-corrected chi connectivity index (χ4v) is 3.47. The van der Waals surface area contributed by atoms with Gasteiger partial charge in [-0.05, 0) is 43.7 Å². The number of ether oxygens (including phenoxy) is 3. The van der Waals surface area contributed by atoms with Crippen LogP contribution in [0.3, 0.4) is 0 Å². The Morgan fingerprint density at radius 3 is 2.55 bits per heavy atom. The number of hydrogen-bond donors (Lipinski definition) is 0. The Balaban J connectivity index is 1.80. The normalized spacial score (nSPS) is 16.5. The molecule has 0 aromatic heterocycles. The largest absolute Gasteiger partial charge is 0.493 e. The standard InChI is InChI=1S/C22H26N2O5/c1-14(24-17-8-6-7-9-18(17)29-15(2)22(24)26)21(25)23(3)13-16-10-11-19(27-4)20(12-16)28-5/h6-12,14-15H,13H2,1-5H3/t14-,15-/m1/s1. The van der Waals surface area contributed by atoms with E-state index in [4.69, 9.17) is 14.2 Å². The third kappa shape index (κ3) is 3.99. The number of likely N-dealkylation sites (N-methyl/N-ethyl adjacent to an activating group) is 1. The molecule has 1 aliphatic rings. The minimum Gasteiger partial charge on any atom is -0.493 e. The number of carbonyl (C=O) groups excluding carboxylic acids is 2. The Labute approximate surface area is 170 Å². The van der Waals surface area contributed by atoms with Crippen molar-refractivity contribution in [2.75, 3.05) is 26.2 Å². The van der Waals surface area contributed by atoms with Gasteiger partial charge < -0.3 is 19.1 Å². The molecule has 0 aliphatic carbocycles. The van der Waals surface area contributed by atoms with Crippen LogP contribution in [-0.2, 0) is 16.1 Å². The van der Waals surface area contributed by atoms with Gasteiger partial charge in [-0.2, -0.15) is 0 Å². The molecule has 0 unspecified atom stereocenters. The maximum absolute atomic E-state index is 13.1. The van der Waals surface area contributed by atoms with Crippen molar-refractivity contribution in [3.05, 3.63) is 48.0 Å². The molecule has 2 amide bonds. The van der Waals surface area contributed by atoms with Crippen molar-refractivity contribution in [3.8, 4) is 17.2 Å². The van der Waals surface area contributed by atoms with E-state index in [-0.39, 0.29) is 11.8 Å². The lowest BCUT2D eigenvalue weighted by molar-refractivity contribution is -0.135. The predicted octanol–water partition coefficient (Wildman–Crippen LogP) is 2.86. The van der Waals surface area contributed by atoms with Crippen molar-refractivity contribution in [1.82, 2.24) is 4.90 Å². The average molecular weight is 398 g/mol. The fourth-order valence-electron chi connectivity index (χ4n) is 3.47. The van der Waals surface area contributed by atoms with Gasteiger partial charge in [-0.25, -0.2) is 0 Å². The Morgan fingerprint density at radius 1 is 1.17 bits per heavy atom. The second-order valence-corrected chi connectivity index (χ2v) is 7.00. The van der Waals surface area contributed by atoms with Crippen LogP contribution in [0.25, 0.3) is 0 Å². The van der Waals surface area contributed by atoms with Crippen LogP contribution in [0, 0.1) is 0 Å². The van der Waals surface area contributed by atoms with Crippen molar-refractivity contribution < 1.29 is 23.8 Å². The maximum atomic E-state index is 13.1. The minimum absolute atomic E-state index is 0.169. The first-order valence-corrected chi connectivity index (χ1v) is 9.42. The summed E-state index contributed by atoms with van der Waals surface area (Å²) >= 11 is 0. The lowest BCUT2D eigenvalue weighted by Gasteiger charge is -2.37. The number of amides is 2. The first kappa shape index (κ1) is 20.5. The molecule has 0 spiro atoms. The summed E-state index contributed by atoms with van der Waals surface area (Å²) in [6, 6.07) is 12.1. The highest BCUT2D eigenvalue weighted by Crippen LogP contribution is 2.35. The van der Waals surface area contributed by atoms with Crippen LogP contribution in [0.4, 0.5) is 5.69 Å². The second-order valence-electron chi connectivity index (χ2n) is 7.00. The topological polar surface area (TPSA) is 68.3 Å². The number of hydrogen-bond acceptors (Lipinski definition) is 5. The molecule has 0 saturated carbocycles. The fraction of sp³-hybridized carbons (Fsp3) is 0.364. The van der Waals surface area contributed by atoms with Gasteiger partial charge in [0.25, 0.3) is 5.91 Å². The molecule has 29 heavy (non-hydrogen) atoms. The van der Waals surface area contributed by atoms with Gasteiger partial charge >= 0.3 is 0 Å². The van der Waals surface area contributed by atoms with Gasteiger partial charge in [0.1, 0.15) is 11.8 Å². The zero-order chi connectivity index (χ0) is 21.1. The SMILES string of the molecule is COc1ccc(CN(C)C(=O)[C@@H](C)N2C(=O)[C@@H](C)Oc3ccccc32)cc1OC. The van der Waals surface area contributed by atoms with Crippen LogP contribution in [0.1, 0.15) is 19.4 Å². The Hall–Kier alpha value is -3.22. The molecule has 1 heterocycles. The van der Waals surface area contributed by atoms with Crippen LogP contribution in [0.5, 0.6) is 17.2 Å². The molecular weight excluding hydrogens is 372 g/mol. The first-order chi connectivity index (χ1) is 13.9. The molecule has 0 bridgehead atoms. The molecule has 3 rings (SSSR count). The van der Waals surface area contributed by atoms with E-state index in [0.29, 0.717) is 29.5 Å². The third-order valence-electron chi connectivity index (χ3n) is 5.00. The highest BCUT2D eigenvalue weighted by atomic mass is 16.5. The number of carbonyl (C=O) groups is 2. The van der Waals surface area contributed by atoms with E-state index >= 15 is 0 Å². The lowest BCUT2D eigenvalue weighted by Crippen LogP contribution is -2.54. The van der Waals surface area contributed by atoms with Crippen LogP contribution >= 0.6 is 0 Å². The number of para-hydroxylation sites is 2. The molecule has 2 aromatic carbocycles. The summed E-state index contributed by atoms with van der Waals surface area (Å²) in [5.74, 6) is 1.43. The van der Waals surface area contributed by atoms with E-state index in [2.05, 4.69) is 0 Å². The number of fused-ring (bicyclic) bond motifs is 1. The zero-order valence-corrected chi connectivity index (χ0v) is 17.3. The van der Waals surface area contributed by atoms with Crippen molar-refractivity contribution in [3.63, 3.8) is 0 Å². The summed E-state index contributed by atoms with van der Waals surface area (Å²) in [4.78, 5) is 29.0. The van der Waals surface area contributed by atoms with Crippen LogP contribution in [0.15, 0.2) is 42.5 Å². The summed E-state index contributed by atoms with van der Waals surface area (Å²) in [7, 11) is 4.87. The number of benzene rings is 2. The van der Waals surface area contributed by atoms with Crippen molar-refractivity contribution >= 4 is 17.5 Å². The van der Waals surface area contributed by atoms with Gasteiger partial charge in [0.15, 0.2) is 17.6 Å². The molecule has 0 saturated heterocycles. The second kappa shape index (κ2) is 8.43. The van der Waals surface area contributed by atoms with Gasteiger partial charge in [-0.3, -0.25) is 14.5 Å². The smallest absolute Gasteiger partial charge is 0.268 e. The zero-order valence-electron chi connectivity index (χ0n) is 17.3. The van der Waals surface area contributed by atoms with E-state index in [1.807, 2.05) is 24.3 Å². The Bertz CT molecular complexity index is 914. The summed E-state index contributed by atoms with van der Waals surface area (Å²) in [5.41, 5.74) is 1.50. The predicted molar refractivity (Wildman–Crippen MR) is 110 cm³/mol. The molecule has 2 aromatic rings. The molecule has 154 valence electrons. The van der Waals surface area contributed by atoms with E-state index in [0.717, 1.165) is 5.56 Å². The molecule has 0 radical (unpaired) electrons. The molecule has 7 heteroatoms. The molecule has 1 aliphatic heterocycles. The van der Waals surface area contributed by atoms with Crippen LogP contribution < -0.4 is 19.1 Å². The average Bonchev–Trinajstić information content (AvgIpc) is 2.73. The Morgan fingerprint density at radius 2 is 1.86 bits per heavy atom. The van der Waals surface area contributed by atoms with Crippen molar-refractivity contribution in [2.24, 2.45) is 0 Å². The van der Waals surface area contributed by atoms with E-state index in [9.17, 15) is 9.59 Å². The quantitative estimate of drug-likeness (QED) is 0.749. The number of rotatable bonds is 6. The monoisotopic (exact) mass is 398 g/mol. The van der Waals surface area contributed by atoms with E-state index < -0.39 is 12.1 Å². The van der Waals surface area contributed by atoms with E-state index in [1.165, 1.54) is 4.90 Å².